The largest absolute Gasteiger partial charge is 0.446 e. The first-order valence-corrected chi connectivity index (χ1v) is 13.2. The van der Waals surface area contributed by atoms with Gasteiger partial charge in [0.1, 0.15) is 6.33 Å². The van der Waals surface area contributed by atoms with Crippen molar-refractivity contribution in [2.75, 3.05) is 4.90 Å². The second-order valence-corrected chi connectivity index (χ2v) is 11.3. The maximum absolute atomic E-state index is 14.3. The van der Waals surface area contributed by atoms with Crippen molar-refractivity contribution in [1.82, 2.24) is 15.3 Å². The second kappa shape index (κ2) is 10.8. The van der Waals surface area contributed by atoms with E-state index in [1.165, 1.54) is 57.0 Å². The van der Waals surface area contributed by atoms with Gasteiger partial charge >= 0.3 is 5.51 Å². The van der Waals surface area contributed by atoms with E-state index in [0.717, 1.165) is 42.7 Å². The molecule has 4 rings (SSSR count). The number of thioether (sulfide) groups is 1. The van der Waals surface area contributed by atoms with E-state index in [1.54, 1.807) is 0 Å². The molecule has 200 valence electrons. The number of amides is 2. The summed E-state index contributed by atoms with van der Waals surface area (Å²) in [5.41, 5.74) is -8.30. The van der Waals surface area contributed by atoms with Crippen LogP contribution in [0.5, 0.6) is 0 Å². The molecule has 0 radical (unpaired) electrons. The Kier molecular flexibility index (Phi) is 8.04. The van der Waals surface area contributed by atoms with Crippen molar-refractivity contribution in [3.05, 3.63) is 48.5 Å². The van der Waals surface area contributed by atoms with E-state index in [4.69, 9.17) is 11.6 Å². The highest BCUT2D eigenvalue weighted by Gasteiger charge is 2.48. The van der Waals surface area contributed by atoms with Crippen LogP contribution in [0.2, 0.25) is 0 Å². The minimum atomic E-state index is -4.51. The number of benzene rings is 1. The highest BCUT2D eigenvalue weighted by atomic mass is 35.5. The Morgan fingerprint density at radius 2 is 1.70 bits per heavy atom. The van der Waals surface area contributed by atoms with Crippen molar-refractivity contribution in [3.8, 4) is 0 Å². The highest BCUT2D eigenvalue weighted by molar-refractivity contribution is 8.00. The van der Waals surface area contributed by atoms with Crippen LogP contribution in [0, 0.1) is 5.41 Å². The van der Waals surface area contributed by atoms with Crippen LogP contribution in [0.4, 0.5) is 23.2 Å². The van der Waals surface area contributed by atoms with Crippen molar-refractivity contribution in [2.24, 2.45) is 5.41 Å². The molecule has 2 aromatic rings. The summed E-state index contributed by atoms with van der Waals surface area (Å²) < 4.78 is 52.7. The lowest BCUT2D eigenvalue weighted by atomic mass is 9.60. The SMILES string of the molecule is C[C@](C(=O)NC1CCC2(CCC2)CC1)(c1cncnc1)N(C(=O)[C@H](F)Cl)c1ccc(SC(F)(F)F)cc1. The first-order valence-electron chi connectivity index (χ1n) is 12.0. The molecular formula is C25H27ClF4N4O2S. The first-order chi connectivity index (χ1) is 17.4. The van der Waals surface area contributed by atoms with E-state index in [0.29, 0.717) is 5.41 Å². The summed E-state index contributed by atoms with van der Waals surface area (Å²) in [7, 11) is 0. The summed E-state index contributed by atoms with van der Waals surface area (Å²) in [5, 5.41) is 3.02. The van der Waals surface area contributed by atoms with Crippen LogP contribution >= 0.6 is 23.4 Å². The van der Waals surface area contributed by atoms with E-state index in [9.17, 15) is 27.2 Å². The third kappa shape index (κ3) is 6.03. The zero-order valence-corrected chi connectivity index (χ0v) is 21.7. The lowest BCUT2D eigenvalue weighted by molar-refractivity contribution is -0.132. The number of nitrogens with zero attached hydrogens (tertiary/aromatic N) is 3. The lowest BCUT2D eigenvalue weighted by Crippen LogP contribution is -2.60. The van der Waals surface area contributed by atoms with Crippen molar-refractivity contribution in [1.29, 1.82) is 0 Å². The van der Waals surface area contributed by atoms with E-state index in [1.807, 2.05) is 0 Å². The van der Waals surface area contributed by atoms with E-state index in [2.05, 4.69) is 15.3 Å². The zero-order valence-electron chi connectivity index (χ0n) is 20.1. The molecule has 2 amide bonds. The van der Waals surface area contributed by atoms with Gasteiger partial charge in [0.2, 0.25) is 0 Å². The Labute approximate surface area is 221 Å². The fourth-order valence-corrected chi connectivity index (χ4v) is 5.93. The topological polar surface area (TPSA) is 75.2 Å². The molecule has 0 aliphatic heterocycles. The molecule has 0 unspecified atom stereocenters. The number of rotatable bonds is 7. The average molecular weight is 559 g/mol. The number of hydrogen-bond acceptors (Lipinski definition) is 5. The number of aromatic nitrogens is 2. The Morgan fingerprint density at radius 3 is 2.19 bits per heavy atom. The molecule has 1 aromatic heterocycles. The summed E-state index contributed by atoms with van der Waals surface area (Å²) in [6.07, 6.45) is 11.1. The Hall–Kier alpha value is -2.40. The molecular weight excluding hydrogens is 532 g/mol. The maximum Gasteiger partial charge on any atom is 0.446 e. The maximum atomic E-state index is 14.3. The number of anilines is 1. The Morgan fingerprint density at radius 1 is 1.11 bits per heavy atom. The van der Waals surface area contributed by atoms with Crippen LogP contribution in [-0.2, 0) is 15.1 Å². The van der Waals surface area contributed by atoms with Crippen LogP contribution in [0.15, 0.2) is 47.9 Å². The molecule has 1 aromatic carbocycles. The van der Waals surface area contributed by atoms with Gasteiger partial charge in [0, 0.05) is 34.6 Å². The second-order valence-electron chi connectivity index (χ2n) is 9.82. The molecule has 0 bridgehead atoms. The monoisotopic (exact) mass is 558 g/mol. The van der Waals surface area contributed by atoms with E-state index < -0.39 is 28.5 Å². The first kappa shape index (κ1) is 27.6. The molecule has 2 aliphatic rings. The molecule has 1 heterocycles. The van der Waals surface area contributed by atoms with Crippen LogP contribution in [0.3, 0.4) is 0 Å². The lowest BCUT2D eigenvalue weighted by Gasteiger charge is -2.48. The van der Waals surface area contributed by atoms with Crippen LogP contribution in [0.25, 0.3) is 0 Å². The van der Waals surface area contributed by atoms with Gasteiger partial charge in [0.05, 0.1) is 0 Å². The summed E-state index contributed by atoms with van der Waals surface area (Å²) in [6.45, 7) is 1.42. The van der Waals surface area contributed by atoms with Gasteiger partial charge in [-0.25, -0.2) is 14.4 Å². The molecule has 37 heavy (non-hydrogen) atoms. The van der Waals surface area contributed by atoms with Gasteiger partial charge in [-0.2, -0.15) is 13.2 Å². The van der Waals surface area contributed by atoms with Gasteiger partial charge in [-0.1, -0.05) is 18.0 Å². The summed E-state index contributed by atoms with van der Waals surface area (Å²) in [5.74, 6) is -1.83. The molecule has 2 aliphatic carbocycles. The number of carbonyl (C=O) groups excluding carboxylic acids is 2. The van der Waals surface area contributed by atoms with Crippen LogP contribution in [-0.4, -0.2) is 39.0 Å². The number of nitrogens with one attached hydrogen (secondary N) is 1. The van der Waals surface area contributed by atoms with Gasteiger partial charge in [-0.05, 0) is 86.9 Å². The number of alkyl halides is 5. The van der Waals surface area contributed by atoms with Gasteiger partial charge in [-0.3, -0.25) is 14.5 Å². The summed E-state index contributed by atoms with van der Waals surface area (Å²) in [6, 6.07) is 4.60. The third-order valence-corrected chi connectivity index (χ3v) is 8.47. The van der Waals surface area contributed by atoms with Crippen molar-refractivity contribution in [3.63, 3.8) is 0 Å². The van der Waals surface area contributed by atoms with Gasteiger partial charge in [0.15, 0.2) is 5.54 Å². The molecule has 12 heteroatoms. The molecule has 2 atom stereocenters. The molecule has 2 fully saturated rings. The highest BCUT2D eigenvalue weighted by Crippen LogP contribution is 2.51. The van der Waals surface area contributed by atoms with Crippen molar-refractivity contribution < 1.29 is 27.2 Å². The van der Waals surface area contributed by atoms with Gasteiger partial charge < -0.3 is 5.32 Å². The smallest absolute Gasteiger partial charge is 0.351 e. The molecule has 0 saturated heterocycles. The quantitative estimate of drug-likeness (QED) is 0.252. The zero-order chi connectivity index (χ0) is 26.8. The number of halogens is 5. The standard InChI is InChI=1S/C25H27ClF4N4O2S/c1-23(16-13-31-15-32-14-16,22(36)33-17-7-11-24(12-8-17)9-2-10-24)34(21(35)20(26)27)18-3-5-19(6-4-18)37-25(28,29)30/h3-6,13-15,17,20H,2,7-12H2,1H3,(H,33,36)/t20-,23+/m0/s1. The number of hydrogen-bond donors (Lipinski definition) is 1. The van der Waals surface area contributed by atoms with Gasteiger partial charge in [0.25, 0.3) is 17.4 Å². The average Bonchev–Trinajstić information content (AvgIpc) is 2.84. The summed E-state index contributed by atoms with van der Waals surface area (Å²) >= 11 is 5.23. The molecule has 1 spiro atoms. The predicted molar refractivity (Wildman–Crippen MR) is 133 cm³/mol. The van der Waals surface area contributed by atoms with Crippen LogP contribution in [0.1, 0.15) is 57.4 Å². The fourth-order valence-electron chi connectivity index (χ4n) is 5.29. The molecule has 6 nitrogen and oxygen atoms in total. The van der Waals surface area contributed by atoms with E-state index >= 15 is 0 Å². The molecule has 2 saturated carbocycles. The van der Waals surface area contributed by atoms with Crippen molar-refractivity contribution >= 4 is 40.9 Å². The number of carbonyl (C=O) groups is 2. The van der Waals surface area contributed by atoms with Gasteiger partial charge in [-0.15, -0.1) is 0 Å². The predicted octanol–water partition coefficient (Wildman–Crippen LogP) is 6.10. The Bertz CT molecular complexity index is 1110. The van der Waals surface area contributed by atoms with E-state index in [-0.39, 0.29) is 34.0 Å². The minimum absolute atomic E-state index is 0.00149. The third-order valence-electron chi connectivity index (χ3n) is 7.54. The van der Waals surface area contributed by atoms with Crippen molar-refractivity contribution in [2.45, 2.75) is 79.5 Å². The summed E-state index contributed by atoms with van der Waals surface area (Å²) in [4.78, 5) is 35.7. The Balaban J connectivity index is 1.68. The molecule has 1 N–H and O–H groups in total. The fraction of sp³-hybridized carbons (Fsp3) is 0.520. The van der Waals surface area contributed by atoms with Crippen LogP contribution < -0.4 is 10.2 Å². The minimum Gasteiger partial charge on any atom is -0.351 e. The normalized spacial score (nSPS) is 19.9.